The lowest BCUT2D eigenvalue weighted by molar-refractivity contribution is -0.162. The Hall–Kier alpha value is -0.130. The summed E-state index contributed by atoms with van der Waals surface area (Å²) in [5, 5.41) is 8.92. The third kappa shape index (κ3) is 1.81. The van der Waals surface area contributed by atoms with Crippen molar-refractivity contribution in [2.75, 3.05) is 13.2 Å². The summed E-state index contributed by atoms with van der Waals surface area (Å²) in [4.78, 5) is 0.929. The summed E-state index contributed by atoms with van der Waals surface area (Å²) >= 11 is 7.26. The first-order valence-corrected chi connectivity index (χ1v) is 5.52. The molecular formula is C9H11ClO3S. The van der Waals surface area contributed by atoms with Crippen molar-refractivity contribution in [3.8, 4) is 0 Å². The lowest BCUT2D eigenvalue weighted by Gasteiger charge is -2.21. The van der Waals surface area contributed by atoms with Crippen LogP contribution in [0.1, 0.15) is 11.8 Å². The van der Waals surface area contributed by atoms with Crippen LogP contribution in [0.2, 0.25) is 4.34 Å². The third-order valence-electron chi connectivity index (χ3n) is 2.16. The molecule has 2 heterocycles. The Labute approximate surface area is 91.2 Å². The molecule has 0 radical (unpaired) electrons. The van der Waals surface area contributed by atoms with Gasteiger partial charge in [0.15, 0.2) is 0 Å². The Morgan fingerprint density at radius 1 is 1.71 bits per heavy atom. The van der Waals surface area contributed by atoms with Crippen molar-refractivity contribution in [2.45, 2.75) is 18.8 Å². The molecule has 1 saturated heterocycles. The third-order valence-corrected chi connectivity index (χ3v) is 3.58. The Kier molecular flexibility index (Phi) is 2.81. The van der Waals surface area contributed by atoms with Crippen molar-refractivity contribution < 1.29 is 14.6 Å². The zero-order chi connectivity index (χ0) is 10.2. The molecule has 0 aromatic carbocycles. The Bertz CT molecular complexity index is 328. The quantitative estimate of drug-likeness (QED) is 0.851. The maximum Gasteiger partial charge on any atom is 0.201 e. The molecule has 1 aliphatic heterocycles. The van der Waals surface area contributed by atoms with E-state index < -0.39 is 5.79 Å². The molecule has 2 rings (SSSR count). The number of thiophene rings is 1. The summed E-state index contributed by atoms with van der Waals surface area (Å²) in [6.07, 6.45) is -0.235. The standard InChI is InChI=1S/C9H11ClO3S/c1-9(7-2-3-8(10)14-7)12-5-6(4-11)13-9/h2-3,6,11H,4-5H2,1H3. The first-order chi connectivity index (χ1) is 6.64. The van der Waals surface area contributed by atoms with Gasteiger partial charge in [-0.2, -0.15) is 0 Å². The van der Waals surface area contributed by atoms with Gasteiger partial charge in [0.25, 0.3) is 0 Å². The van der Waals surface area contributed by atoms with E-state index in [1.807, 2.05) is 19.1 Å². The molecule has 0 bridgehead atoms. The van der Waals surface area contributed by atoms with Gasteiger partial charge in [0.05, 0.1) is 22.4 Å². The lowest BCUT2D eigenvalue weighted by atomic mass is 10.2. The van der Waals surface area contributed by atoms with Crippen LogP contribution < -0.4 is 0 Å². The summed E-state index contributed by atoms with van der Waals surface area (Å²) in [6, 6.07) is 3.69. The molecule has 0 saturated carbocycles. The van der Waals surface area contributed by atoms with E-state index in [9.17, 15) is 0 Å². The second-order valence-corrected chi connectivity index (χ2v) is 5.00. The van der Waals surface area contributed by atoms with Gasteiger partial charge in [0.1, 0.15) is 6.10 Å². The van der Waals surface area contributed by atoms with Crippen molar-refractivity contribution in [2.24, 2.45) is 0 Å². The first-order valence-electron chi connectivity index (χ1n) is 4.32. The average molecular weight is 235 g/mol. The minimum Gasteiger partial charge on any atom is -0.394 e. The number of halogens is 1. The summed E-state index contributed by atoms with van der Waals surface area (Å²) in [5.74, 6) is -0.745. The number of aliphatic hydroxyl groups is 1. The predicted octanol–water partition coefficient (Wildman–Crippen LogP) is 1.98. The van der Waals surface area contributed by atoms with Gasteiger partial charge in [-0.25, -0.2) is 0 Å². The van der Waals surface area contributed by atoms with Crippen molar-refractivity contribution in [1.29, 1.82) is 0 Å². The van der Waals surface area contributed by atoms with Crippen LogP contribution in [-0.2, 0) is 15.3 Å². The molecule has 1 aliphatic rings. The fourth-order valence-corrected chi connectivity index (χ4v) is 2.50. The molecule has 5 heteroatoms. The van der Waals surface area contributed by atoms with E-state index in [0.717, 1.165) is 4.88 Å². The lowest BCUT2D eigenvalue weighted by Crippen LogP contribution is -2.23. The van der Waals surface area contributed by atoms with Gasteiger partial charge in [0, 0.05) is 0 Å². The smallest absolute Gasteiger partial charge is 0.201 e. The maximum atomic E-state index is 8.92. The molecule has 3 nitrogen and oxygen atoms in total. The van der Waals surface area contributed by atoms with Crippen molar-refractivity contribution >= 4 is 22.9 Å². The fraction of sp³-hybridized carbons (Fsp3) is 0.556. The van der Waals surface area contributed by atoms with Crippen LogP contribution in [-0.4, -0.2) is 24.4 Å². The molecule has 78 valence electrons. The van der Waals surface area contributed by atoms with Crippen molar-refractivity contribution in [3.05, 3.63) is 21.3 Å². The molecule has 1 N–H and O–H groups in total. The van der Waals surface area contributed by atoms with E-state index in [-0.39, 0.29) is 12.7 Å². The van der Waals surface area contributed by atoms with Crippen molar-refractivity contribution in [1.82, 2.24) is 0 Å². The van der Waals surface area contributed by atoms with Crippen LogP contribution in [0.15, 0.2) is 12.1 Å². The molecule has 0 spiro atoms. The van der Waals surface area contributed by atoms with Gasteiger partial charge < -0.3 is 14.6 Å². The van der Waals surface area contributed by atoms with Gasteiger partial charge in [-0.1, -0.05) is 11.6 Å². The second kappa shape index (κ2) is 3.79. The number of hydrogen-bond donors (Lipinski definition) is 1. The molecule has 2 atom stereocenters. The Balaban J connectivity index is 2.18. The SMILES string of the molecule is CC1(c2ccc(Cl)s2)OCC(CO)O1. The van der Waals surface area contributed by atoms with Gasteiger partial charge in [-0.3, -0.25) is 0 Å². The second-order valence-electron chi connectivity index (χ2n) is 3.28. The van der Waals surface area contributed by atoms with E-state index in [1.54, 1.807) is 0 Å². The number of ether oxygens (including phenoxy) is 2. The van der Waals surface area contributed by atoms with E-state index in [1.165, 1.54) is 11.3 Å². The largest absolute Gasteiger partial charge is 0.394 e. The minimum atomic E-state index is -0.745. The van der Waals surface area contributed by atoms with Crippen LogP contribution >= 0.6 is 22.9 Å². The molecule has 0 amide bonds. The van der Waals surface area contributed by atoms with E-state index in [0.29, 0.717) is 10.9 Å². The Morgan fingerprint density at radius 3 is 3.00 bits per heavy atom. The molecule has 0 aliphatic carbocycles. The van der Waals surface area contributed by atoms with Gasteiger partial charge >= 0.3 is 0 Å². The molecule has 1 aromatic heterocycles. The highest BCUT2D eigenvalue weighted by molar-refractivity contribution is 7.16. The highest BCUT2D eigenvalue weighted by Gasteiger charge is 2.39. The average Bonchev–Trinajstić information content (AvgIpc) is 2.73. The van der Waals surface area contributed by atoms with Crippen LogP contribution in [0.3, 0.4) is 0 Å². The van der Waals surface area contributed by atoms with Crippen molar-refractivity contribution in [3.63, 3.8) is 0 Å². The normalized spacial score (nSPS) is 32.4. The monoisotopic (exact) mass is 234 g/mol. The van der Waals surface area contributed by atoms with Gasteiger partial charge in [-0.05, 0) is 19.1 Å². The van der Waals surface area contributed by atoms with E-state index >= 15 is 0 Å². The molecule has 14 heavy (non-hydrogen) atoms. The van der Waals surface area contributed by atoms with Crippen LogP contribution in [0.5, 0.6) is 0 Å². The Morgan fingerprint density at radius 2 is 2.50 bits per heavy atom. The molecule has 1 aromatic rings. The number of hydrogen-bond acceptors (Lipinski definition) is 4. The number of aliphatic hydroxyl groups excluding tert-OH is 1. The fourth-order valence-electron chi connectivity index (χ4n) is 1.42. The topological polar surface area (TPSA) is 38.7 Å². The zero-order valence-corrected chi connectivity index (χ0v) is 9.27. The van der Waals surface area contributed by atoms with Gasteiger partial charge in [-0.15, -0.1) is 11.3 Å². The minimum absolute atomic E-state index is 0.0191. The van der Waals surface area contributed by atoms with Gasteiger partial charge in [0.2, 0.25) is 5.79 Å². The summed E-state index contributed by atoms with van der Waals surface area (Å²) < 4.78 is 11.8. The molecular weight excluding hydrogens is 224 g/mol. The van der Waals surface area contributed by atoms with Crippen LogP contribution in [0.4, 0.5) is 0 Å². The zero-order valence-electron chi connectivity index (χ0n) is 7.70. The van der Waals surface area contributed by atoms with Crippen LogP contribution in [0.25, 0.3) is 0 Å². The summed E-state index contributed by atoms with van der Waals surface area (Å²) in [5.41, 5.74) is 0. The predicted molar refractivity (Wildman–Crippen MR) is 54.6 cm³/mol. The van der Waals surface area contributed by atoms with Crippen LogP contribution in [0, 0.1) is 0 Å². The van der Waals surface area contributed by atoms with E-state index in [2.05, 4.69) is 0 Å². The highest BCUT2D eigenvalue weighted by atomic mass is 35.5. The molecule has 2 unspecified atom stereocenters. The summed E-state index contributed by atoms with van der Waals surface area (Å²) in [7, 11) is 0. The highest BCUT2D eigenvalue weighted by Crippen LogP contribution is 2.38. The first kappa shape index (κ1) is 10.4. The summed E-state index contributed by atoms with van der Waals surface area (Å²) in [6.45, 7) is 2.24. The number of rotatable bonds is 2. The van der Waals surface area contributed by atoms with E-state index in [4.69, 9.17) is 26.2 Å². The molecule has 1 fully saturated rings. The maximum absolute atomic E-state index is 8.92.